The Balaban J connectivity index is 3.51. The molecular formula is C28H43N. The Morgan fingerprint density at radius 1 is 1.14 bits per heavy atom. The number of anilines is 1. The summed E-state index contributed by atoms with van der Waals surface area (Å²) in [5.74, 6) is 0. The van der Waals surface area contributed by atoms with Crippen molar-refractivity contribution >= 4 is 11.3 Å². The van der Waals surface area contributed by atoms with Crippen LogP contribution in [0.3, 0.4) is 0 Å². The van der Waals surface area contributed by atoms with Crippen LogP contribution in [0.4, 0.5) is 5.69 Å². The third-order valence-corrected chi connectivity index (χ3v) is 6.38. The molecule has 1 nitrogen and oxygen atoms in total. The molecule has 1 atom stereocenters. The fraction of sp³-hybridized carbons (Fsp3) is 0.500. The van der Waals surface area contributed by atoms with Crippen LogP contribution in [0.15, 0.2) is 54.3 Å². The fourth-order valence-corrected chi connectivity index (χ4v) is 3.93. The van der Waals surface area contributed by atoms with Crippen LogP contribution in [0.25, 0.3) is 5.57 Å². The van der Waals surface area contributed by atoms with Gasteiger partial charge in [0.15, 0.2) is 0 Å². The van der Waals surface area contributed by atoms with Crippen LogP contribution in [0.1, 0.15) is 97.3 Å². The zero-order valence-corrected chi connectivity index (χ0v) is 20.3. The second-order valence-electron chi connectivity index (χ2n) is 8.60. The van der Waals surface area contributed by atoms with E-state index in [0.29, 0.717) is 0 Å². The van der Waals surface area contributed by atoms with E-state index in [1.807, 2.05) is 6.92 Å². The smallest absolute Gasteiger partial charge is 0.0390 e. The Morgan fingerprint density at radius 3 is 2.31 bits per heavy atom. The summed E-state index contributed by atoms with van der Waals surface area (Å²) in [5, 5.41) is 3.58. The first-order valence-electron chi connectivity index (χ1n) is 11.2. The van der Waals surface area contributed by atoms with E-state index in [1.54, 1.807) is 0 Å². The molecule has 0 heterocycles. The van der Waals surface area contributed by atoms with Crippen LogP contribution in [0.5, 0.6) is 0 Å². The number of hydrogen-bond donors (Lipinski definition) is 1. The molecule has 1 aromatic rings. The third-order valence-electron chi connectivity index (χ3n) is 6.38. The molecule has 0 aliphatic rings. The number of nitrogens with one attached hydrogen (secondary N) is 1. The van der Waals surface area contributed by atoms with Crippen molar-refractivity contribution in [2.75, 3.05) is 5.32 Å². The van der Waals surface area contributed by atoms with Crippen LogP contribution >= 0.6 is 0 Å². The third kappa shape index (κ3) is 6.23. The molecule has 0 amide bonds. The van der Waals surface area contributed by atoms with E-state index >= 15 is 0 Å². The molecule has 0 saturated heterocycles. The van der Waals surface area contributed by atoms with Crippen molar-refractivity contribution in [1.29, 1.82) is 0 Å². The summed E-state index contributed by atoms with van der Waals surface area (Å²) in [6.07, 6.45) is 9.97. The SMILES string of the molecule is C=C(Nc1cc(C)c(C(=C)CC)c(C(C)(CC)CCCC)c1)/C(C)=C(C)\C=C/C. The average molecular weight is 394 g/mol. The normalized spacial score (nSPS) is 14.5. The predicted octanol–water partition coefficient (Wildman–Crippen LogP) is 9.11. The molecule has 160 valence electrons. The average Bonchev–Trinajstić information content (AvgIpc) is 2.70. The van der Waals surface area contributed by atoms with E-state index in [2.05, 4.69) is 91.2 Å². The zero-order chi connectivity index (χ0) is 22.2. The van der Waals surface area contributed by atoms with Crippen molar-refractivity contribution in [3.05, 3.63) is 71.0 Å². The van der Waals surface area contributed by atoms with Gasteiger partial charge in [0.2, 0.25) is 0 Å². The molecule has 0 aliphatic carbocycles. The van der Waals surface area contributed by atoms with Gasteiger partial charge in [-0.15, -0.1) is 0 Å². The second kappa shape index (κ2) is 11.2. The highest BCUT2D eigenvalue weighted by atomic mass is 14.9. The molecule has 0 aromatic heterocycles. The van der Waals surface area contributed by atoms with E-state index in [1.165, 1.54) is 52.7 Å². The molecule has 1 unspecified atom stereocenters. The topological polar surface area (TPSA) is 12.0 Å². The molecule has 0 radical (unpaired) electrons. The second-order valence-corrected chi connectivity index (χ2v) is 8.60. The maximum Gasteiger partial charge on any atom is 0.0390 e. The number of unbranched alkanes of at least 4 members (excludes halogenated alkanes) is 1. The molecule has 1 aromatic carbocycles. The highest BCUT2D eigenvalue weighted by Crippen LogP contribution is 2.41. The Hall–Kier alpha value is -2.02. The first kappa shape index (κ1) is 25.0. The molecule has 0 bridgehead atoms. The summed E-state index contributed by atoms with van der Waals surface area (Å²) < 4.78 is 0. The fourth-order valence-electron chi connectivity index (χ4n) is 3.93. The van der Waals surface area contributed by atoms with Crippen LogP contribution in [-0.4, -0.2) is 0 Å². The van der Waals surface area contributed by atoms with Gasteiger partial charge in [-0.25, -0.2) is 0 Å². The lowest BCUT2D eigenvalue weighted by atomic mass is 9.72. The minimum absolute atomic E-state index is 0.152. The monoisotopic (exact) mass is 393 g/mol. The van der Waals surface area contributed by atoms with Crippen molar-refractivity contribution in [3.8, 4) is 0 Å². The molecule has 0 spiro atoms. The van der Waals surface area contributed by atoms with E-state index in [0.717, 1.165) is 24.2 Å². The maximum absolute atomic E-state index is 4.40. The standard InChI is InChI=1S/C28H43N/c1-11-15-17-28(10,14-4)26-19-25(18-22(7)27(26)20(5)13-3)29-24(9)23(8)21(6)16-12-2/h12,16,18-19,29H,5,9,11,13-15,17H2,1-4,6-8,10H3/b16-12-,23-21-. The zero-order valence-electron chi connectivity index (χ0n) is 20.3. The summed E-state index contributed by atoms with van der Waals surface area (Å²) in [6, 6.07) is 4.60. The first-order valence-corrected chi connectivity index (χ1v) is 11.2. The minimum atomic E-state index is 0.152. The largest absolute Gasteiger partial charge is 0.356 e. The molecule has 29 heavy (non-hydrogen) atoms. The van der Waals surface area contributed by atoms with Crippen molar-refractivity contribution in [2.24, 2.45) is 0 Å². The van der Waals surface area contributed by atoms with Gasteiger partial charge >= 0.3 is 0 Å². The van der Waals surface area contributed by atoms with Crippen molar-refractivity contribution in [2.45, 2.75) is 92.9 Å². The Morgan fingerprint density at radius 2 is 1.79 bits per heavy atom. The maximum atomic E-state index is 4.40. The molecule has 1 heteroatoms. The summed E-state index contributed by atoms with van der Waals surface area (Å²) in [4.78, 5) is 0. The van der Waals surface area contributed by atoms with Crippen LogP contribution in [0, 0.1) is 6.92 Å². The summed E-state index contributed by atoms with van der Waals surface area (Å²) >= 11 is 0. The van der Waals surface area contributed by atoms with Gasteiger partial charge in [-0.3, -0.25) is 0 Å². The lowest BCUT2D eigenvalue weighted by Crippen LogP contribution is -2.23. The Kier molecular flexibility index (Phi) is 9.70. The molecular weight excluding hydrogens is 350 g/mol. The Bertz CT molecular complexity index is 791. The molecule has 0 fully saturated rings. The number of allylic oxidation sites excluding steroid dienone is 5. The number of hydrogen-bond acceptors (Lipinski definition) is 1. The van der Waals surface area contributed by atoms with E-state index < -0.39 is 0 Å². The Labute approximate surface area is 180 Å². The van der Waals surface area contributed by atoms with Gasteiger partial charge in [-0.2, -0.15) is 0 Å². The van der Waals surface area contributed by atoms with Gasteiger partial charge in [0.25, 0.3) is 0 Å². The van der Waals surface area contributed by atoms with E-state index in [4.69, 9.17) is 0 Å². The highest BCUT2D eigenvalue weighted by molar-refractivity contribution is 5.74. The first-order chi connectivity index (χ1) is 13.6. The molecule has 0 aliphatic heterocycles. The number of aryl methyl sites for hydroxylation is 1. The molecule has 1 N–H and O–H groups in total. The summed E-state index contributed by atoms with van der Waals surface area (Å²) in [7, 11) is 0. The van der Waals surface area contributed by atoms with Gasteiger partial charge in [0.05, 0.1) is 0 Å². The number of rotatable bonds is 11. The van der Waals surface area contributed by atoms with Gasteiger partial charge in [-0.1, -0.05) is 65.8 Å². The van der Waals surface area contributed by atoms with Crippen molar-refractivity contribution in [1.82, 2.24) is 0 Å². The van der Waals surface area contributed by atoms with Crippen molar-refractivity contribution in [3.63, 3.8) is 0 Å². The van der Waals surface area contributed by atoms with Gasteiger partial charge in [0.1, 0.15) is 0 Å². The predicted molar refractivity (Wildman–Crippen MR) is 134 cm³/mol. The number of benzene rings is 1. The quantitative estimate of drug-likeness (QED) is 0.369. The highest BCUT2D eigenvalue weighted by Gasteiger charge is 2.28. The van der Waals surface area contributed by atoms with Crippen molar-refractivity contribution < 1.29 is 0 Å². The summed E-state index contributed by atoms with van der Waals surface area (Å²) in [5.41, 5.74) is 9.99. The van der Waals surface area contributed by atoms with Gasteiger partial charge in [0, 0.05) is 11.4 Å². The van der Waals surface area contributed by atoms with E-state index in [9.17, 15) is 0 Å². The van der Waals surface area contributed by atoms with Crippen LogP contribution < -0.4 is 5.32 Å². The van der Waals surface area contributed by atoms with Gasteiger partial charge in [-0.05, 0) is 97.9 Å². The molecule has 0 saturated carbocycles. The summed E-state index contributed by atoms with van der Waals surface area (Å²) in [6.45, 7) is 26.4. The van der Waals surface area contributed by atoms with Crippen LogP contribution in [-0.2, 0) is 5.41 Å². The minimum Gasteiger partial charge on any atom is -0.356 e. The molecule has 1 rings (SSSR count). The lowest BCUT2D eigenvalue weighted by molar-refractivity contribution is 0.402. The van der Waals surface area contributed by atoms with Crippen LogP contribution in [0.2, 0.25) is 0 Å². The van der Waals surface area contributed by atoms with Gasteiger partial charge < -0.3 is 5.32 Å². The lowest BCUT2D eigenvalue weighted by Gasteiger charge is -2.33. The van der Waals surface area contributed by atoms with E-state index in [-0.39, 0.29) is 5.41 Å².